The first kappa shape index (κ1) is 22.6. The number of benzene rings is 2. The van der Waals surface area contributed by atoms with E-state index in [2.05, 4.69) is 15.8 Å². The minimum atomic E-state index is -4.51. The lowest BCUT2D eigenvalue weighted by Gasteiger charge is -2.12. The van der Waals surface area contributed by atoms with Gasteiger partial charge < -0.3 is 5.32 Å². The highest BCUT2D eigenvalue weighted by Crippen LogP contribution is 2.33. The van der Waals surface area contributed by atoms with Crippen molar-refractivity contribution in [1.29, 1.82) is 0 Å². The second-order valence-electron chi connectivity index (χ2n) is 6.50. The summed E-state index contributed by atoms with van der Waals surface area (Å²) >= 11 is 11.0. The Labute approximate surface area is 185 Å². The summed E-state index contributed by atoms with van der Waals surface area (Å²) < 4.78 is 41.8. The molecule has 11 heteroatoms. The molecule has 2 N–H and O–H groups in total. The van der Waals surface area contributed by atoms with Crippen LogP contribution in [0.15, 0.2) is 58.4 Å². The maximum Gasteiger partial charge on any atom is 0.416 e. The summed E-state index contributed by atoms with van der Waals surface area (Å²) in [6.07, 6.45) is -3.11. The topological polar surface area (TPSA) is 63.4 Å². The van der Waals surface area contributed by atoms with E-state index < -0.39 is 11.7 Å². The van der Waals surface area contributed by atoms with E-state index in [0.29, 0.717) is 16.9 Å². The molecule has 0 aliphatic heterocycles. The molecule has 1 aromatic heterocycles. The van der Waals surface area contributed by atoms with Crippen molar-refractivity contribution in [1.82, 2.24) is 14.8 Å². The van der Waals surface area contributed by atoms with Crippen molar-refractivity contribution in [3.05, 3.63) is 80.7 Å². The summed E-state index contributed by atoms with van der Waals surface area (Å²) in [4.78, 5) is 12.6. The van der Waals surface area contributed by atoms with Gasteiger partial charge in [0.05, 0.1) is 33.9 Å². The zero-order valence-electron chi connectivity index (χ0n) is 16.4. The molecule has 0 bridgehead atoms. The molecule has 0 saturated heterocycles. The molecular weight excluding hydrogens is 451 g/mol. The first-order chi connectivity index (χ1) is 14.6. The second kappa shape index (κ2) is 8.94. The minimum Gasteiger partial charge on any atom is -0.330 e. The molecule has 0 saturated carbocycles. The highest BCUT2D eigenvalue weighted by atomic mass is 35.5. The summed E-state index contributed by atoms with van der Waals surface area (Å²) in [5, 5.41) is 6.57. The van der Waals surface area contributed by atoms with E-state index in [0.717, 1.165) is 18.2 Å². The molecule has 0 amide bonds. The lowest BCUT2D eigenvalue weighted by Crippen LogP contribution is -2.24. The van der Waals surface area contributed by atoms with Crippen molar-refractivity contribution in [2.75, 3.05) is 5.32 Å². The highest BCUT2D eigenvalue weighted by molar-refractivity contribution is 7.80. The number of thiocarbonyl (C=S) groups is 1. The third-order valence-corrected chi connectivity index (χ3v) is 4.96. The lowest BCUT2D eigenvalue weighted by atomic mass is 10.2. The van der Waals surface area contributed by atoms with Gasteiger partial charge in [-0.25, -0.2) is 4.68 Å². The number of nitrogens with one attached hydrogen (secondary N) is 2. The van der Waals surface area contributed by atoms with E-state index in [1.807, 2.05) is 18.2 Å². The Hall–Kier alpha value is -3.11. The molecule has 0 aliphatic carbocycles. The van der Waals surface area contributed by atoms with Crippen molar-refractivity contribution in [3.8, 4) is 5.69 Å². The van der Waals surface area contributed by atoms with Crippen LogP contribution in [0.25, 0.3) is 5.69 Å². The minimum absolute atomic E-state index is 0.0111. The van der Waals surface area contributed by atoms with Crippen molar-refractivity contribution < 1.29 is 13.2 Å². The smallest absolute Gasteiger partial charge is 0.330 e. The van der Waals surface area contributed by atoms with Gasteiger partial charge in [-0.05, 0) is 49.5 Å². The summed E-state index contributed by atoms with van der Waals surface area (Å²) in [6.45, 7) is 1.67. The first-order valence-corrected chi connectivity index (χ1v) is 9.69. The Morgan fingerprint density at radius 2 is 1.87 bits per heavy atom. The fourth-order valence-electron chi connectivity index (χ4n) is 2.89. The molecule has 162 valence electrons. The largest absolute Gasteiger partial charge is 0.416 e. The molecule has 0 spiro atoms. The number of hydrazone groups is 1. The van der Waals surface area contributed by atoms with Crippen molar-refractivity contribution in [2.24, 2.45) is 12.1 Å². The second-order valence-corrected chi connectivity index (χ2v) is 7.32. The molecule has 3 aromatic rings. The third-order valence-electron chi connectivity index (χ3n) is 4.44. The SMILES string of the molecule is Cc1c(/C=N/NC(=S)Nc2cc(C(F)(F)F)ccc2Cl)n(C)n(-c2ccccc2)c1=O. The van der Waals surface area contributed by atoms with Gasteiger partial charge in [-0.2, -0.15) is 18.3 Å². The van der Waals surface area contributed by atoms with Crippen molar-refractivity contribution >= 4 is 40.8 Å². The molecule has 1 heterocycles. The van der Waals surface area contributed by atoms with Crippen molar-refractivity contribution in [3.63, 3.8) is 0 Å². The summed E-state index contributed by atoms with van der Waals surface area (Å²) in [6, 6.07) is 12.0. The van der Waals surface area contributed by atoms with Gasteiger partial charge >= 0.3 is 6.18 Å². The zero-order chi connectivity index (χ0) is 22.8. The molecule has 0 unspecified atom stereocenters. The predicted molar refractivity (Wildman–Crippen MR) is 119 cm³/mol. The lowest BCUT2D eigenvalue weighted by molar-refractivity contribution is -0.137. The standard InChI is InChI=1S/C20H17ClF3N5OS/c1-12-17(28(2)29(18(12)30)14-6-4-3-5-7-14)11-25-27-19(31)26-16-10-13(20(22,23)24)8-9-15(16)21/h3-11H,1-2H3,(H2,26,27,31)/b25-11+. The molecular formula is C20H17ClF3N5OS. The quantitative estimate of drug-likeness (QED) is 0.337. The number of halogens is 4. The number of para-hydroxylation sites is 1. The van der Waals surface area contributed by atoms with Gasteiger partial charge in [-0.15, -0.1) is 0 Å². The van der Waals surface area contributed by atoms with Gasteiger partial charge in [0.2, 0.25) is 0 Å². The first-order valence-electron chi connectivity index (χ1n) is 8.90. The number of nitrogens with zero attached hydrogens (tertiary/aromatic N) is 3. The number of anilines is 1. The van der Waals surface area contributed by atoms with Crippen LogP contribution >= 0.6 is 23.8 Å². The zero-order valence-corrected chi connectivity index (χ0v) is 17.9. The fraction of sp³-hybridized carbons (Fsp3) is 0.150. The van der Waals surface area contributed by atoms with Crippen LogP contribution in [-0.4, -0.2) is 20.7 Å². The van der Waals surface area contributed by atoms with Crippen LogP contribution in [0.3, 0.4) is 0 Å². The molecule has 6 nitrogen and oxygen atoms in total. The van der Waals surface area contributed by atoms with E-state index in [-0.39, 0.29) is 21.4 Å². The summed E-state index contributed by atoms with van der Waals surface area (Å²) in [5.74, 6) is 0. The number of alkyl halides is 3. The van der Waals surface area contributed by atoms with Gasteiger partial charge in [0.15, 0.2) is 5.11 Å². The monoisotopic (exact) mass is 467 g/mol. The average molecular weight is 468 g/mol. The number of aromatic nitrogens is 2. The average Bonchev–Trinajstić information content (AvgIpc) is 2.92. The number of hydrogen-bond acceptors (Lipinski definition) is 3. The van der Waals surface area contributed by atoms with Crippen LogP contribution in [0.4, 0.5) is 18.9 Å². The Morgan fingerprint density at radius 3 is 2.52 bits per heavy atom. The maximum absolute atomic E-state index is 12.9. The van der Waals surface area contributed by atoms with E-state index in [9.17, 15) is 18.0 Å². The van der Waals surface area contributed by atoms with Crippen molar-refractivity contribution in [2.45, 2.75) is 13.1 Å². The number of rotatable bonds is 4. The normalized spacial score (nSPS) is 11.7. The van der Waals surface area contributed by atoms with E-state index in [1.54, 1.807) is 30.8 Å². The van der Waals surface area contributed by atoms with Crippen LogP contribution < -0.4 is 16.3 Å². The molecule has 31 heavy (non-hydrogen) atoms. The van der Waals surface area contributed by atoms with E-state index in [4.69, 9.17) is 23.8 Å². The fourth-order valence-corrected chi connectivity index (χ4v) is 3.22. The van der Waals surface area contributed by atoms with Crippen LogP contribution in [0.1, 0.15) is 16.8 Å². The molecule has 2 aromatic carbocycles. The molecule has 0 aliphatic rings. The van der Waals surface area contributed by atoms with Gasteiger partial charge in [0, 0.05) is 12.6 Å². The molecule has 0 radical (unpaired) electrons. The molecule has 3 rings (SSSR count). The molecule has 0 fully saturated rings. The Morgan fingerprint density at radius 1 is 1.19 bits per heavy atom. The van der Waals surface area contributed by atoms with Gasteiger partial charge in [-0.1, -0.05) is 29.8 Å². The summed E-state index contributed by atoms with van der Waals surface area (Å²) in [7, 11) is 1.71. The highest BCUT2D eigenvalue weighted by Gasteiger charge is 2.31. The van der Waals surface area contributed by atoms with E-state index >= 15 is 0 Å². The van der Waals surface area contributed by atoms with Gasteiger partial charge in [0.1, 0.15) is 0 Å². The van der Waals surface area contributed by atoms with E-state index in [1.165, 1.54) is 10.9 Å². The Balaban J connectivity index is 1.76. The third kappa shape index (κ3) is 4.97. The Kier molecular flexibility index (Phi) is 6.51. The predicted octanol–water partition coefficient (Wildman–Crippen LogP) is 4.48. The summed E-state index contributed by atoms with van der Waals surface area (Å²) in [5.41, 5.74) is 3.13. The number of hydrogen-bond donors (Lipinski definition) is 2. The molecule has 0 atom stereocenters. The Bertz CT molecular complexity index is 1200. The van der Waals surface area contributed by atoms with Crippen LogP contribution in [-0.2, 0) is 13.2 Å². The van der Waals surface area contributed by atoms with Crippen LogP contribution in [0, 0.1) is 6.92 Å². The van der Waals surface area contributed by atoms with Crippen LogP contribution in [0.2, 0.25) is 5.02 Å². The van der Waals surface area contributed by atoms with Crippen LogP contribution in [0.5, 0.6) is 0 Å². The maximum atomic E-state index is 12.9. The van der Waals surface area contributed by atoms with Gasteiger partial charge in [-0.3, -0.25) is 14.9 Å². The van der Waals surface area contributed by atoms with Gasteiger partial charge in [0.25, 0.3) is 5.56 Å².